The molecule has 0 aromatic heterocycles. The average molecular weight is 410 g/mol. The summed E-state index contributed by atoms with van der Waals surface area (Å²) in [7, 11) is 0. The number of hydrogen-bond donors (Lipinski definition) is 2. The molecule has 0 saturated carbocycles. The Morgan fingerprint density at radius 3 is 2.25 bits per heavy atom. The Morgan fingerprint density at radius 2 is 1.67 bits per heavy atom. The molecular weight excluding hydrogens is 398 g/mol. The van der Waals surface area contributed by atoms with Gasteiger partial charge in [0.25, 0.3) is 11.6 Å². The first-order chi connectivity index (χ1) is 11.5. The van der Waals surface area contributed by atoms with E-state index in [9.17, 15) is 19.7 Å². The standard InChI is InChI=1S/C15H12BrN3O4S/c16-11-3-1-10(2-4-11)15(21)18-17-14(20)9-24-13-7-5-12(6-8-13)19(22)23/h1-8H,9H2,(H,17,20)(H,18,21). The molecule has 24 heavy (non-hydrogen) atoms. The number of thioether (sulfide) groups is 1. The normalized spacial score (nSPS) is 10.0. The van der Waals surface area contributed by atoms with Crippen LogP contribution in [-0.4, -0.2) is 22.5 Å². The molecule has 2 aromatic carbocycles. The summed E-state index contributed by atoms with van der Waals surface area (Å²) in [5, 5.41) is 10.6. The van der Waals surface area contributed by atoms with Gasteiger partial charge >= 0.3 is 0 Å². The van der Waals surface area contributed by atoms with Gasteiger partial charge in [-0.1, -0.05) is 15.9 Å². The van der Waals surface area contributed by atoms with Gasteiger partial charge in [-0.3, -0.25) is 30.6 Å². The molecule has 2 aromatic rings. The summed E-state index contributed by atoms with van der Waals surface area (Å²) in [6, 6.07) is 12.6. The molecule has 0 saturated heterocycles. The molecule has 0 fully saturated rings. The van der Waals surface area contributed by atoms with Gasteiger partial charge in [0.1, 0.15) is 0 Å². The van der Waals surface area contributed by atoms with E-state index >= 15 is 0 Å². The number of carbonyl (C=O) groups excluding carboxylic acids is 2. The smallest absolute Gasteiger partial charge is 0.269 e. The number of nitrogens with one attached hydrogen (secondary N) is 2. The maximum Gasteiger partial charge on any atom is 0.269 e. The topological polar surface area (TPSA) is 101 Å². The molecule has 0 radical (unpaired) electrons. The number of hydrazine groups is 1. The van der Waals surface area contributed by atoms with Crippen molar-refractivity contribution in [2.75, 3.05) is 5.75 Å². The molecule has 124 valence electrons. The second-order valence-electron chi connectivity index (χ2n) is 4.55. The molecule has 0 aliphatic carbocycles. The van der Waals surface area contributed by atoms with Crippen molar-refractivity contribution in [2.24, 2.45) is 0 Å². The van der Waals surface area contributed by atoms with Crippen molar-refractivity contribution in [1.82, 2.24) is 10.9 Å². The van der Waals surface area contributed by atoms with E-state index in [0.717, 1.165) is 9.37 Å². The fraction of sp³-hybridized carbons (Fsp3) is 0.0667. The number of hydrogen-bond acceptors (Lipinski definition) is 5. The lowest BCUT2D eigenvalue weighted by Crippen LogP contribution is -2.42. The van der Waals surface area contributed by atoms with Crippen LogP contribution in [-0.2, 0) is 4.79 Å². The van der Waals surface area contributed by atoms with Crippen LogP contribution in [0.3, 0.4) is 0 Å². The monoisotopic (exact) mass is 409 g/mol. The van der Waals surface area contributed by atoms with Gasteiger partial charge in [0.05, 0.1) is 10.7 Å². The van der Waals surface area contributed by atoms with Crippen LogP contribution in [0.15, 0.2) is 57.9 Å². The highest BCUT2D eigenvalue weighted by Gasteiger charge is 2.09. The molecule has 0 unspecified atom stereocenters. The second-order valence-corrected chi connectivity index (χ2v) is 6.51. The minimum atomic E-state index is -0.487. The Bertz CT molecular complexity index is 750. The van der Waals surface area contributed by atoms with E-state index in [1.165, 1.54) is 23.9 Å². The van der Waals surface area contributed by atoms with Gasteiger partial charge in [-0.25, -0.2) is 0 Å². The fourth-order valence-corrected chi connectivity index (χ4v) is 2.61. The van der Waals surface area contributed by atoms with Crippen LogP contribution in [0.25, 0.3) is 0 Å². The zero-order valence-electron chi connectivity index (χ0n) is 12.2. The second kappa shape index (κ2) is 8.46. The number of non-ortho nitro benzene ring substituents is 1. The first-order valence-corrected chi connectivity index (χ1v) is 8.45. The molecule has 9 heteroatoms. The Kier molecular flexibility index (Phi) is 6.33. The molecule has 0 bridgehead atoms. The molecule has 2 amide bonds. The number of benzene rings is 2. The number of rotatable bonds is 5. The third kappa shape index (κ3) is 5.36. The number of nitro groups is 1. The minimum absolute atomic E-state index is 0.00874. The Balaban J connectivity index is 1.77. The summed E-state index contributed by atoms with van der Waals surface area (Å²) in [6.45, 7) is 0. The molecule has 2 N–H and O–H groups in total. The number of amides is 2. The highest BCUT2D eigenvalue weighted by atomic mass is 79.9. The fourth-order valence-electron chi connectivity index (χ4n) is 1.65. The van der Waals surface area contributed by atoms with Gasteiger partial charge in [-0.2, -0.15) is 0 Å². The van der Waals surface area contributed by atoms with E-state index in [1.807, 2.05) is 0 Å². The molecule has 0 aliphatic heterocycles. The predicted molar refractivity (Wildman–Crippen MR) is 93.6 cm³/mol. The van der Waals surface area contributed by atoms with Crippen LogP contribution in [0.1, 0.15) is 10.4 Å². The molecule has 2 rings (SSSR count). The lowest BCUT2D eigenvalue weighted by molar-refractivity contribution is -0.384. The molecule has 0 aliphatic rings. The summed E-state index contributed by atoms with van der Waals surface area (Å²) < 4.78 is 0.850. The summed E-state index contributed by atoms with van der Waals surface area (Å²) in [5.41, 5.74) is 5.05. The van der Waals surface area contributed by atoms with E-state index in [1.54, 1.807) is 36.4 Å². The van der Waals surface area contributed by atoms with E-state index in [-0.39, 0.29) is 17.3 Å². The Morgan fingerprint density at radius 1 is 1.04 bits per heavy atom. The quantitative estimate of drug-likeness (QED) is 0.449. The van der Waals surface area contributed by atoms with Crippen molar-refractivity contribution in [3.8, 4) is 0 Å². The van der Waals surface area contributed by atoms with Crippen LogP contribution in [0.4, 0.5) is 5.69 Å². The number of carbonyl (C=O) groups is 2. The lowest BCUT2D eigenvalue weighted by Gasteiger charge is -2.07. The van der Waals surface area contributed by atoms with Gasteiger partial charge in [-0.15, -0.1) is 11.8 Å². The average Bonchev–Trinajstić information content (AvgIpc) is 2.58. The summed E-state index contributed by atoms with van der Waals surface area (Å²) >= 11 is 4.48. The minimum Gasteiger partial charge on any atom is -0.272 e. The summed E-state index contributed by atoms with van der Waals surface area (Å²) in [5.74, 6) is -0.738. The van der Waals surface area contributed by atoms with Crippen LogP contribution in [0.5, 0.6) is 0 Å². The van der Waals surface area contributed by atoms with E-state index in [2.05, 4.69) is 26.8 Å². The van der Waals surface area contributed by atoms with Crippen molar-refractivity contribution in [3.63, 3.8) is 0 Å². The van der Waals surface area contributed by atoms with Gasteiger partial charge in [0.15, 0.2) is 0 Å². The maximum atomic E-state index is 11.8. The zero-order valence-corrected chi connectivity index (χ0v) is 14.6. The van der Waals surface area contributed by atoms with Crippen LogP contribution < -0.4 is 10.9 Å². The van der Waals surface area contributed by atoms with E-state index in [0.29, 0.717) is 5.56 Å². The Labute approximate surface area is 150 Å². The molecule has 0 heterocycles. The third-order valence-electron chi connectivity index (χ3n) is 2.84. The van der Waals surface area contributed by atoms with Crippen LogP contribution in [0, 0.1) is 10.1 Å². The Hall–Kier alpha value is -2.39. The zero-order chi connectivity index (χ0) is 17.5. The molecule has 7 nitrogen and oxygen atoms in total. The van der Waals surface area contributed by atoms with Crippen molar-refractivity contribution in [1.29, 1.82) is 0 Å². The number of halogens is 1. The predicted octanol–water partition coefficient (Wildman–Crippen LogP) is 2.91. The van der Waals surface area contributed by atoms with E-state index < -0.39 is 10.8 Å². The molecule has 0 spiro atoms. The highest BCUT2D eigenvalue weighted by Crippen LogP contribution is 2.20. The van der Waals surface area contributed by atoms with Crippen LogP contribution in [0.2, 0.25) is 0 Å². The van der Waals surface area contributed by atoms with Crippen molar-refractivity contribution in [3.05, 3.63) is 68.7 Å². The molecule has 0 atom stereocenters. The van der Waals surface area contributed by atoms with Gasteiger partial charge in [-0.05, 0) is 36.4 Å². The third-order valence-corrected chi connectivity index (χ3v) is 4.38. The SMILES string of the molecule is O=C(CSc1ccc([N+](=O)[O-])cc1)NNC(=O)c1ccc(Br)cc1. The van der Waals surface area contributed by atoms with Crippen molar-refractivity contribution in [2.45, 2.75) is 4.90 Å². The first kappa shape index (κ1) is 18.0. The van der Waals surface area contributed by atoms with E-state index in [4.69, 9.17) is 0 Å². The van der Waals surface area contributed by atoms with Crippen LogP contribution >= 0.6 is 27.7 Å². The molecular formula is C15H12BrN3O4S. The lowest BCUT2D eigenvalue weighted by atomic mass is 10.2. The summed E-state index contributed by atoms with van der Waals surface area (Å²) in [4.78, 5) is 34.3. The maximum absolute atomic E-state index is 11.8. The largest absolute Gasteiger partial charge is 0.272 e. The van der Waals surface area contributed by atoms with Crippen molar-refractivity contribution >= 4 is 45.2 Å². The summed E-state index contributed by atoms with van der Waals surface area (Å²) in [6.07, 6.45) is 0. The first-order valence-electron chi connectivity index (χ1n) is 6.68. The van der Waals surface area contributed by atoms with Gasteiger partial charge in [0.2, 0.25) is 5.91 Å². The number of nitro benzene ring substituents is 1. The van der Waals surface area contributed by atoms with Gasteiger partial charge < -0.3 is 0 Å². The van der Waals surface area contributed by atoms with Gasteiger partial charge in [0, 0.05) is 27.1 Å². The number of nitrogens with zero attached hydrogens (tertiary/aromatic N) is 1. The van der Waals surface area contributed by atoms with Crippen molar-refractivity contribution < 1.29 is 14.5 Å². The highest BCUT2D eigenvalue weighted by molar-refractivity contribution is 9.10.